The zero-order valence-corrected chi connectivity index (χ0v) is 8.61. The third-order valence-corrected chi connectivity index (χ3v) is 6.10. The highest BCUT2D eigenvalue weighted by molar-refractivity contribution is 7.92. The Labute approximate surface area is 86.3 Å². The fourth-order valence-corrected chi connectivity index (χ4v) is 5.57. The number of rotatable bonds is 0. The van der Waals surface area contributed by atoms with Gasteiger partial charge >= 0.3 is 0 Å². The average molecular weight is 230 g/mol. The molecule has 82 valence electrons. The van der Waals surface area contributed by atoms with Crippen LogP contribution in [0.4, 0.5) is 0 Å². The SMILES string of the molecule is NN1C(=O)[C@@H]2[C@H]3CCS(=O)(=O)[C@H]3[C@@H]2C1=O. The summed E-state index contributed by atoms with van der Waals surface area (Å²) in [6, 6.07) is 0. The van der Waals surface area contributed by atoms with Crippen LogP contribution in [0.5, 0.6) is 0 Å². The molecule has 7 heteroatoms. The van der Waals surface area contributed by atoms with E-state index in [-0.39, 0.29) is 11.7 Å². The van der Waals surface area contributed by atoms with E-state index in [0.717, 1.165) is 0 Å². The van der Waals surface area contributed by atoms with E-state index < -0.39 is 38.7 Å². The highest BCUT2D eigenvalue weighted by atomic mass is 32.2. The minimum absolute atomic E-state index is 0.0977. The molecule has 0 aromatic heterocycles. The maximum atomic E-state index is 11.6. The molecular weight excluding hydrogens is 220 g/mol. The van der Waals surface area contributed by atoms with E-state index in [2.05, 4.69) is 0 Å². The van der Waals surface area contributed by atoms with Crippen molar-refractivity contribution in [3.8, 4) is 0 Å². The van der Waals surface area contributed by atoms with Crippen LogP contribution in [-0.4, -0.2) is 36.2 Å². The van der Waals surface area contributed by atoms with Gasteiger partial charge in [-0.15, -0.1) is 0 Å². The van der Waals surface area contributed by atoms with Gasteiger partial charge in [-0.05, 0) is 12.3 Å². The Kier molecular flexibility index (Phi) is 1.49. The second-order valence-electron chi connectivity index (χ2n) is 4.38. The van der Waals surface area contributed by atoms with E-state index in [1.165, 1.54) is 0 Å². The Balaban J connectivity index is 2.05. The van der Waals surface area contributed by atoms with Crippen molar-refractivity contribution in [3.05, 3.63) is 0 Å². The fourth-order valence-electron chi connectivity index (χ4n) is 3.13. The third kappa shape index (κ3) is 0.860. The summed E-state index contributed by atoms with van der Waals surface area (Å²) >= 11 is 0. The van der Waals surface area contributed by atoms with Gasteiger partial charge in [0, 0.05) is 0 Å². The topological polar surface area (TPSA) is 97.5 Å². The van der Waals surface area contributed by atoms with Crippen molar-refractivity contribution >= 4 is 21.7 Å². The summed E-state index contributed by atoms with van der Waals surface area (Å²) in [5, 5.41) is -0.0594. The Morgan fingerprint density at radius 3 is 2.47 bits per heavy atom. The predicted molar refractivity (Wildman–Crippen MR) is 48.7 cm³/mol. The smallest absolute Gasteiger partial charge is 0.248 e. The van der Waals surface area contributed by atoms with E-state index in [1.54, 1.807) is 0 Å². The first-order valence-corrected chi connectivity index (χ1v) is 6.51. The van der Waals surface area contributed by atoms with Crippen LogP contribution < -0.4 is 5.84 Å². The Morgan fingerprint density at radius 2 is 1.80 bits per heavy atom. The fraction of sp³-hybridized carbons (Fsp3) is 0.750. The number of imide groups is 1. The van der Waals surface area contributed by atoms with Crippen molar-refractivity contribution < 1.29 is 18.0 Å². The van der Waals surface area contributed by atoms with Crippen LogP contribution in [0, 0.1) is 17.8 Å². The quantitative estimate of drug-likeness (QED) is 0.303. The number of fused-ring (bicyclic) bond motifs is 4. The molecule has 6 nitrogen and oxygen atoms in total. The number of nitrogens with two attached hydrogens (primary N) is 1. The van der Waals surface area contributed by atoms with E-state index in [1.807, 2.05) is 0 Å². The summed E-state index contributed by atoms with van der Waals surface area (Å²) < 4.78 is 23.2. The molecule has 0 aromatic carbocycles. The molecule has 2 heterocycles. The van der Waals surface area contributed by atoms with Crippen LogP contribution in [0.2, 0.25) is 0 Å². The molecule has 2 amide bonds. The van der Waals surface area contributed by atoms with Gasteiger partial charge in [0.25, 0.3) is 0 Å². The van der Waals surface area contributed by atoms with Crippen molar-refractivity contribution in [2.45, 2.75) is 11.7 Å². The lowest BCUT2D eigenvalue weighted by Gasteiger charge is -2.39. The number of sulfone groups is 1. The normalized spacial score (nSPS) is 46.3. The van der Waals surface area contributed by atoms with Gasteiger partial charge in [-0.3, -0.25) is 9.59 Å². The van der Waals surface area contributed by atoms with Gasteiger partial charge in [0.05, 0.1) is 22.8 Å². The van der Waals surface area contributed by atoms with E-state index in [9.17, 15) is 18.0 Å². The maximum Gasteiger partial charge on any atom is 0.248 e. The second-order valence-corrected chi connectivity index (χ2v) is 6.66. The summed E-state index contributed by atoms with van der Waals surface area (Å²) in [7, 11) is -3.18. The van der Waals surface area contributed by atoms with Gasteiger partial charge in [-0.25, -0.2) is 19.3 Å². The summed E-state index contributed by atoms with van der Waals surface area (Å²) in [5.41, 5.74) is 0. The standard InChI is InChI=1S/C8H10N2O4S/c9-10-7(11)4-3-1-2-15(13,14)6(3)5(4)8(10)12/h3-6H,1-2,9H2/t3-,4-,5-,6-/m1/s1. The van der Waals surface area contributed by atoms with Gasteiger partial charge in [0.2, 0.25) is 11.8 Å². The third-order valence-electron chi connectivity index (χ3n) is 3.82. The molecule has 3 aliphatic rings. The highest BCUT2D eigenvalue weighted by Gasteiger charge is 2.69. The molecule has 2 aliphatic heterocycles. The molecule has 0 radical (unpaired) electrons. The lowest BCUT2D eigenvalue weighted by atomic mass is 9.65. The predicted octanol–water partition coefficient (Wildman–Crippen LogP) is -1.72. The summed E-state index contributed by atoms with van der Waals surface area (Å²) in [6.07, 6.45) is 0.487. The van der Waals surface area contributed by atoms with Gasteiger partial charge in [-0.1, -0.05) is 0 Å². The van der Waals surface area contributed by atoms with Crippen LogP contribution in [-0.2, 0) is 19.4 Å². The molecule has 0 spiro atoms. The van der Waals surface area contributed by atoms with E-state index >= 15 is 0 Å². The lowest BCUT2D eigenvalue weighted by Crippen LogP contribution is -2.52. The zero-order chi connectivity index (χ0) is 11.0. The van der Waals surface area contributed by atoms with Crippen molar-refractivity contribution in [2.75, 3.05) is 5.75 Å². The molecule has 2 N–H and O–H groups in total. The Hall–Kier alpha value is -0.950. The van der Waals surface area contributed by atoms with Crippen molar-refractivity contribution in [2.24, 2.45) is 23.6 Å². The van der Waals surface area contributed by atoms with Crippen molar-refractivity contribution in [1.82, 2.24) is 5.01 Å². The van der Waals surface area contributed by atoms with Gasteiger partial charge in [0.1, 0.15) is 0 Å². The molecule has 1 aliphatic carbocycles. The van der Waals surface area contributed by atoms with Crippen molar-refractivity contribution in [3.63, 3.8) is 0 Å². The van der Waals surface area contributed by atoms with Gasteiger partial charge in [0.15, 0.2) is 9.84 Å². The summed E-state index contributed by atoms with van der Waals surface area (Å²) in [6.45, 7) is 0. The highest BCUT2D eigenvalue weighted by Crippen LogP contribution is 2.55. The number of hydrogen-bond acceptors (Lipinski definition) is 5. The van der Waals surface area contributed by atoms with Crippen LogP contribution >= 0.6 is 0 Å². The second kappa shape index (κ2) is 2.41. The minimum Gasteiger partial charge on any atom is -0.273 e. The van der Waals surface area contributed by atoms with E-state index in [0.29, 0.717) is 11.4 Å². The Morgan fingerprint density at radius 1 is 1.20 bits per heavy atom. The maximum absolute atomic E-state index is 11.6. The van der Waals surface area contributed by atoms with Gasteiger partial charge in [-0.2, -0.15) is 0 Å². The number of hydrazine groups is 1. The molecule has 0 aromatic rings. The molecule has 0 unspecified atom stereocenters. The lowest BCUT2D eigenvalue weighted by molar-refractivity contribution is -0.139. The van der Waals surface area contributed by atoms with Crippen LogP contribution in [0.15, 0.2) is 0 Å². The zero-order valence-electron chi connectivity index (χ0n) is 7.79. The molecule has 2 saturated heterocycles. The number of amides is 2. The molecule has 1 saturated carbocycles. The molecular formula is C8H10N2O4S. The van der Waals surface area contributed by atoms with Crippen LogP contribution in [0.3, 0.4) is 0 Å². The molecule has 3 rings (SSSR count). The molecule has 0 bridgehead atoms. The van der Waals surface area contributed by atoms with Crippen LogP contribution in [0.1, 0.15) is 6.42 Å². The first-order valence-electron chi connectivity index (χ1n) is 4.79. The summed E-state index contributed by atoms with van der Waals surface area (Å²) in [5.74, 6) is 3.09. The number of carbonyl (C=O) groups is 2. The molecule has 15 heavy (non-hydrogen) atoms. The van der Waals surface area contributed by atoms with Crippen LogP contribution in [0.25, 0.3) is 0 Å². The number of hydrogen-bond donors (Lipinski definition) is 1. The van der Waals surface area contributed by atoms with E-state index in [4.69, 9.17) is 5.84 Å². The molecule has 3 fully saturated rings. The molecule has 4 atom stereocenters. The summed E-state index contributed by atoms with van der Waals surface area (Å²) in [4.78, 5) is 23.0. The first kappa shape index (κ1) is 9.29. The number of nitrogens with zero attached hydrogens (tertiary/aromatic N) is 1. The largest absolute Gasteiger partial charge is 0.273 e. The first-order chi connectivity index (χ1) is 6.95. The number of carbonyl (C=O) groups excluding carboxylic acids is 2. The van der Waals surface area contributed by atoms with Gasteiger partial charge < -0.3 is 0 Å². The van der Waals surface area contributed by atoms with Crippen molar-refractivity contribution in [1.29, 1.82) is 0 Å². The Bertz CT molecular complexity index is 471. The monoisotopic (exact) mass is 230 g/mol. The average Bonchev–Trinajstić information content (AvgIpc) is 2.44. The minimum atomic E-state index is -3.18.